The van der Waals surface area contributed by atoms with Gasteiger partial charge in [-0.25, -0.2) is 0 Å². The lowest BCUT2D eigenvalue weighted by atomic mass is 9.58. The molecule has 0 saturated carbocycles. The number of benzene rings is 1. The van der Waals surface area contributed by atoms with Crippen molar-refractivity contribution in [3.05, 3.63) is 81.6 Å². The third-order valence-corrected chi connectivity index (χ3v) is 6.77. The van der Waals surface area contributed by atoms with E-state index in [0.29, 0.717) is 6.42 Å². The summed E-state index contributed by atoms with van der Waals surface area (Å²) in [4.78, 5) is 28.1. The van der Waals surface area contributed by atoms with Gasteiger partial charge < -0.3 is 10.3 Å². The van der Waals surface area contributed by atoms with E-state index >= 15 is 0 Å². The third-order valence-electron chi connectivity index (χ3n) is 6.77. The predicted octanol–water partition coefficient (Wildman–Crippen LogP) is 4.61. The lowest BCUT2D eigenvalue weighted by molar-refractivity contribution is -0.119. The maximum absolute atomic E-state index is 13.5. The van der Waals surface area contributed by atoms with Crippen LogP contribution in [-0.2, 0) is 10.2 Å². The number of aromatic amines is 1. The molecule has 1 unspecified atom stereocenters. The maximum atomic E-state index is 13.5. The van der Waals surface area contributed by atoms with Gasteiger partial charge >= 0.3 is 0 Å². The van der Waals surface area contributed by atoms with Gasteiger partial charge in [0.15, 0.2) is 11.9 Å². The van der Waals surface area contributed by atoms with E-state index in [0.717, 1.165) is 46.4 Å². The lowest BCUT2D eigenvalue weighted by Gasteiger charge is -2.47. The van der Waals surface area contributed by atoms with E-state index in [4.69, 9.17) is 0 Å². The average molecular weight is 415 g/mol. The first kappa shape index (κ1) is 19.7. The average Bonchev–Trinajstić information content (AvgIpc) is 3.20. The van der Waals surface area contributed by atoms with Gasteiger partial charge in [0.05, 0.1) is 11.6 Å². The van der Waals surface area contributed by atoms with E-state index in [1.807, 2.05) is 24.4 Å². The van der Waals surface area contributed by atoms with Crippen LogP contribution in [0.5, 0.6) is 0 Å². The number of hydrogen-bond acceptors (Lipinski definition) is 5. The number of nitrogens with one attached hydrogen (secondary N) is 2. The Bertz CT molecular complexity index is 1230. The summed E-state index contributed by atoms with van der Waals surface area (Å²) in [5, 5.41) is 12.1. The number of azo groups is 1. The van der Waals surface area contributed by atoms with Crippen LogP contribution in [0.1, 0.15) is 45.6 Å². The number of nitrogens with zero attached hydrogens (tertiary/aromatic N) is 2. The second kappa shape index (κ2) is 6.87. The Hall–Kier alpha value is -3.28. The van der Waals surface area contributed by atoms with Gasteiger partial charge in [-0.2, -0.15) is 10.2 Å². The van der Waals surface area contributed by atoms with Crippen LogP contribution in [-0.4, -0.2) is 16.9 Å². The number of allylic oxidation sites excluding steroid dienone is 2. The molecular weight excluding hydrogens is 388 g/mol. The Morgan fingerprint density at radius 3 is 2.68 bits per heavy atom. The van der Waals surface area contributed by atoms with Crippen molar-refractivity contribution in [3.63, 3.8) is 0 Å². The molecule has 31 heavy (non-hydrogen) atoms. The molecule has 1 aliphatic carbocycles. The van der Waals surface area contributed by atoms with E-state index in [1.54, 1.807) is 12.3 Å². The molecular formula is C25H26N4O2. The highest BCUT2D eigenvalue weighted by atomic mass is 16.1. The molecule has 5 rings (SSSR count). The summed E-state index contributed by atoms with van der Waals surface area (Å²) >= 11 is 0. The van der Waals surface area contributed by atoms with Crippen LogP contribution in [0, 0.1) is 5.41 Å². The summed E-state index contributed by atoms with van der Waals surface area (Å²) in [5.74, 6) is 0.188. The number of hydrogen-bond donors (Lipinski definition) is 2. The van der Waals surface area contributed by atoms with E-state index < -0.39 is 5.41 Å². The maximum Gasteiger partial charge on any atom is 0.248 e. The van der Waals surface area contributed by atoms with E-state index in [2.05, 4.69) is 53.4 Å². The molecule has 6 heteroatoms. The van der Waals surface area contributed by atoms with Gasteiger partial charge in [-0.3, -0.25) is 9.59 Å². The van der Waals surface area contributed by atoms with Crippen LogP contribution in [0.4, 0.5) is 0 Å². The van der Waals surface area contributed by atoms with Gasteiger partial charge in [-0.15, -0.1) is 0 Å². The Morgan fingerprint density at radius 1 is 1.10 bits per heavy atom. The molecule has 0 fully saturated rings. The molecule has 158 valence electrons. The fraction of sp³-hybridized carbons (Fsp3) is 0.360. The Morgan fingerprint density at radius 2 is 1.90 bits per heavy atom. The highest BCUT2D eigenvalue weighted by Gasteiger charge is 2.52. The molecule has 3 heterocycles. The van der Waals surface area contributed by atoms with Gasteiger partial charge in [-0.05, 0) is 47.1 Å². The standard InChI is InChI=1S/C25H26N4O2/c1-4-25(17-7-5-6-15(10-17)16-8-9-26-21(31)11-16)18-14-27-29-23(18)28-19-12-24(2,3)13-20(30)22(19)25/h5-11,14,23,28H,4,12-13H2,1-3H3,(H,26,31)/t23?,25-/m1/s1. The molecule has 1 aromatic carbocycles. The number of pyridine rings is 1. The van der Waals surface area contributed by atoms with Gasteiger partial charge in [0.1, 0.15) is 0 Å². The van der Waals surface area contributed by atoms with Crippen molar-refractivity contribution in [2.75, 3.05) is 0 Å². The van der Waals surface area contributed by atoms with Crippen molar-refractivity contribution in [2.24, 2.45) is 15.6 Å². The molecule has 2 atom stereocenters. The second-order valence-corrected chi connectivity index (χ2v) is 9.44. The molecule has 6 nitrogen and oxygen atoms in total. The van der Waals surface area contributed by atoms with Gasteiger partial charge in [0.2, 0.25) is 5.56 Å². The molecule has 0 radical (unpaired) electrons. The van der Waals surface area contributed by atoms with E-state index in [-0.39, 0.29) is 22.9 Å². The predicted molar refractivity (Wildman–Crippen MR) is 119 cm³/mol. The Kier molecular flexibility index (Phi) is 4.36. The van der Waals surface area contributed by atoms with Crippen LogP contribution < -0.4 is 10.9 Å². The summed E-state index contributed by atoms with van der Waals surface area (Å²) in [6.07, 6.45) is 5.29. The normalized spacial score (nSPS) is 26.2. The number of carbonyl (C=O) groups is 1. The third kappa shape index (κ3) is 3.00. The number of H-pyrrole nitrogens is 1. The van der Waals surface area contributed by atoms with Gasteiger partial charge in [0, 0.05) is 35.5 Å². The van der Waals surface area contributed by atoms with Crippen LogP contribution in [0.3, 0.4) is 0 Å². The van der Waals surface area contributed by atoms with Crippen molar-refractivity contribution < 1.29 is 4.79 Å². The number of fused-ring (bicyclic) bond motifs is 1. The zero-order valence-corrected chi connectivity index (χ0v) is 18.0. The first-order chi connectivity index (χ1) is 14.8. The quantitative estimate of drug-likeness (QED) is 0.769. The monoisotopic (exact) mass is 414 g/mol. The van der Waals surface area contributed by atoms with E-state index in [1.165, 1.54) is 0 Å². The van der Waals surface area contributed by atoms with Crippen LogP contribution in [0.15, 0.2) is 80.7 Å². The first-order valence-corrected chi connectivity index (χ1v) is 10.8. The van der Waals surface area contributed by atoms with Crippen molar-refractivity contribution >= 4 is 5.78 Å². The Labute approximate surface area is 181 Å². The summed E-state index contributed by atoms with van der Waals surface area (Å²) < 4.78 is 0. The minimum Gasteiger partial charge on any atom is -0.362 e. The van der Waals surface area contributed by atoms with Crippen molar-refractivity contribution in [1.82, 2.24) is 10.3 Å². The van der Waals surface area contributed by atoms with Crippen molar-refractivity contribution in [1.29, 1.82) is 0 Å². The number of carbonyl (C=O) groups excluding carboxylic acids is 1. The minimum atomic E-state index is -0.584. The zero-order valence-electron chi connectivity index (χ0n) is 18.0. The molecule has 0 saturated heterocycles. The highest BCUT2D eigenvalue weighted by molar-refractivity contribution is 6.01. The minimum absolute atomic E-state index is 0.0910. The fourth-order valence-electron chi connectivity index (χ4n) is 5.48. The largest absolute Gasteiger partial charge is 0.362 e. The number of rotatable bonds is 3. The number of Topliss-reactive ketones (excluding diaryl/α,β-unsaturated/α-hetero) is 1. The van der Waals surface area contributed by atoms with Crippen LogP contribution >= 0.6 is 0 Å². The highest BCUT2D eigenvalue weighted by Crippen LogP contribution is 2.53. The van der Waals surface area contributed by atoms with Crippen LogP contribution in [0.25, 0.3) is 11.1 Å². The molecule has 3 aliphatic rings. The molecule has 0 amide bonds. The summed E-state index contributed by atoms with van der Waals surface area (Å²) in [6.45, 7) is 6.40. The molecule has 2 aliphatic heterocycles. The van der Waals surface area contributed by atoms with Gasteiger partial charge in [-0.1, -0.05) is 39.0 Å². The summed E-state index contributed by atoms with van der Waals surface area (Å²) in [7, 11) is 0. The Balaban J connectivity index is 1.74. The van der Waals surface area contributed by atoms with Crippen molar-refractivity contribution in [2.45, 2.75) is 51.6 Å². The first-order valence-electron chi connectivity index (χ1n) is 10.8. The lowest BCUT2D eigenvalue weighted by Crippen LogP contribution is -2.51. The molecule has 0 spiro atoms. The number of aromatic nitrogens is 1. The summed E-state index contributed by atoms with van der Waals surface area (Å²) in [5.41, 5.74) is 4.89. The molecule has 1 aromatic heterocycles. The summed E-state index contributed by atoms with van der Waals surface area (Å²) in [6, 6.07) is 11.7. The smallest absolute Gasteiger partial charge is 0.248 e. The van der Waals surface area contributed by atoms with Crippen molar-refractivity contribution in [3.8, 4) is 11.1 Å². The topological polar surface area (TPSA) is 86.7 Å². The molecule has 2 N–H and O–H groups in total. The number of ketones is 1. The van der Waals surface area contributed by atoms with Gasteiger partial charge in [0.25, 0.3) is 0 Å². The molecule has 2 aromatic rings. The SMILES string of the molecule is CC[C@@]1(c2cccc(-c3cc[nH]c(=O)c3)c2)C2=CN=NC2NC2=C1C(=O)CC(C)(C)C2. The molecule has 0 bridgehead atoms. The zero-order chi connectivity index (χ0) is 21.8. The van der Waals surface area contributed by atoms with Crippen LogP contribution in [0.2, 0.25) is 0 Å². The second-order valence-electron chi connectivity index (χ2n) is 9.44. The van der Waals surface area contributed by atoms with E-state index in [9.17, 15) is 9.59 Å². The fourth-order valence-corrected chi connectivity index (χ4v) is 5.48.